The maximum absolute atomic E-state index is 11.1. The van der Waals surface area contributed by atoms with Crippen LogP contribution in [-0.2, 0) is 6.61 Å². The number of fused-ring (bicyclic) bond motifs is 1. The maximum atomic E-state index is 11.1. The predicted octanol–water partition coefficient (Wildman–Crippen LogP) is 4.91. The standard InChI is InChI=1S/C25H19N3O4/c1-31-21-9-10-22-23(13-21)28-24(27-22)19(14-26)11-16-5-7-20(8-6-16)32-15-17-3-2-4-18(12-17)25(29)30/h2-13H,15H2,1H3,(H,27,28)(H,29,30). The lowest BCUT2D eigenvalue weighted by atomic mass is 10.1. The van der Waals surface area contributed by atoms with Crippen molar-refractivity contribution >= 4 is 28.7 Å². The van der Waals surface area contributed by atoms with Gasteiger partial charge in [-0.25, -0.2) is 9.78 Å². The summed E-state index contributed by atoms with van der Waals surface area (Å²) >= 11 is 0. The van der Waals surface area contributed by atoms with Crippen molar-refractivity contribution in [3.05, 3.63) is 89.2 Å². The number of nitrogens with zero attached hydrogens (tertiary/aromatic N) is 2. The molecule has 0 spiro atoms. The third-order valence-electron chi connectivity index (χ3n) is 4.84. The topological polar surface area (TPSA) is 108 Å². The number of nitrogens with one attached hydrogen (secondary N) is 1. The number of carboxylic acid groups (broad SMARTS) is 1. The highest BCUT2D eigenvalue weighted by molar-refractivity contribution is 5.90. The van der Waals surface area contributed by atoms with Crippen molar-refractivity contribution in [2.24, 2.45) is 0 Å². The Morgan fingerprint density at radius 2 is 1.91 bits per heavy atom. The molecule has 0 amide bonds. The molecule has 3 aromatic carbocycles. The number of carboxylic acids is 1. The number of aromatic amines is 1. The molecule has 7 heteroatoms. The molecule has 32 heavy (non-hydrogen) atoms. The Labute approximate surface area is 184 Å². The molecule has 0 unspecified atom stereocenters. The van der Waals surface area contributed by atoms with Gasteiger partial charge in [-0.2, -0.15) is 5.26 Å². The van der Waals surface area contributed by atoms with E-state index in [1.165, 1.54) is 6.07 Å². The summed E-state index contributed by atoms with van der Waals surface area (Å²) < 4.78 is 11.0. The number of methoxy groups -OCH3 is 1. The van der Waals surface area contributed by atoms with Crippen molar-refractivity contribution < 1.29 is 19.4 Å². The number of H-pyrrole nitrogens is 1. The van der Waals surface area contributed by atoms with Gasteiger partial charge in [-0.3, -0.25) is 0 Å². The Balaban J connectivity index is 1.48. The van der Waals surface area contributed by atoms with Gasteiger partial charge in [0.2, 0.25) is 0 Å². The minimum absolute atomic E-state index is 0.222. The number of carbonyl (C=O) groups is 1. The number of nitriles is 1. The highest BCUT2D eigenvalue weighted by Gasteiger charge is 2.09. The monoisotopic (exact) mass is 425 g/mol. The second-order valence-corrected chi connectivity index (χ2v) is 7.00. The highest BCUT2D eigenvalue weighted by atomic mass is 16.5. The Morgan fingerprint density at radius 3 is 2.62 bits per heavy atom. The van der Waals surface area contributed by atoms with Gasteiger partial charge in [0.1, 0.15) is 30.0 Å². The van der Waals surface area contributed by atoms with Gasteiger partial charge >= 0.3 is 5.97 Å². The van der Waals surface area contributed by atoms with Gasteiger partial charge in [-0.05, 0) is 53.6 Å². The fraction of sp³-hybridized carbons (Fsp3) is 0.0800. The Kier molecular flexibility index (Phi) is 5.86. The summed E-state index contributed by atoms with van der Waals surface area (Å²) in [6.45, 7) is 0.252. The lowest BCUT2D eigenvalue weighted by Crippen LogP contribution is -2.00. The minimum Gasteiger partial charge on any atom is -0.497 e. The van der Waals surface area contributed by atoms with E-state index in [-0.39, 0.29) is 12.2 Å². The van der Waals surface area contributed by atoms with Crippen LogP contribution in [0.15, 0.2) is 66.7 Å². The van der Waals surface area contributed by atoms with E-state index in [1.807, 2.05) is 36.4 Å². The van der Waals surface area contributed by atoms with Crippen LogP contribution in [0.2, 0.25) is 0 Å². The summed E-state index contributed by atoms with van der Waals surface area (Å²) in [5, 5.41) is 18.7. The SMILES string of the molecule is COc1ccc2nc(C(C#N)=Cc3ccc(OCc4cccc(C(=O)O)c4)cc3)[nH]c2c1. The lowest BCUT2D eigenvalue weighted by molar-refractivity contribution is 0.0696. The summed E-state index contributed by atoms with van der Waals surface area (Å²) in [4.78, 5) is 18.7. The van der Waals surface area contributed by atoms with Crippen molar-refractivity contribution in [3.63, 3.8) is 0 Å². The van der Waals surface area contributed by atoms with Crippen molar-refractivity contribution in [2.45, 2.75) is 6.61 Å². The zero-order valence-electron chi connectivity index (χ0n) is 17.2. The van der Waals surface area contributed by atoms with Crippen LogP contribution in [-0.4, -0.2) is 28.2 Å². The van der Waals surface area contributed by atoms with Gasteiger partial charge in [0.15, 0.2) is 0 Å². The first-order chi connectivity index (χ1) is 15.6. The summed E-state index contributed by atoms with van der Waals surface area (Å²) in [7, 11) is 1.60. The van der Waals surface area contributed by atoms with Gasteiger partial charge in [0, 0.05) is 6.07 Å². The van der Waals surface area contributed by atoms with Crippen LogP contribution in [0.1, 0.15) is 27.3 Å². The molecular weight excluding hydrogens is 406 g/mol. The van der Waals surface area contributed by atoms with Gasteiger partial charge in [0.25, 0.3) is 0 Å². The van der Waals surface area contributed by atoms with Crippen LogP contribution in [0, 0.1) is 11.3 Å². The first kappa shape index (κ1) is 20.7. The van der Waals surface area contributed by atoms with Gasteiger partial charge in [-0.15, -0.1) is 0 Å². The third-order valence-corrected chi connectivity index (χ3v) is 4.84. The maximum Gasteiger partial charge on any atom is 0.335 e. The molecule has 0 aliphatic heterocycles. The fourth-order valence-corrected chi connectivity index (χ4v) is 3.18. The van der Waals surface area contributed by atoms with Gasteiger partial charge in [-0.1, -0.05) is 24.3 Å². The molecule has 0 radical (unpaired) electrons. The molecule has 1 aromatic heterocycles. The number of ether oxygens (including phenoxy) is 2. The quantitative estimate of drug-likeness (QED) is 0.407. The first-order valence-corrected chi connectivity index (χ1v) is 9.77. The molecule has 4 aromatic rings. The summed E-state index contributed by atoms with van der Waals surface area (Å²) in [5.74, 6) is 0.854. The van der Waals surface area contributed by atoms with Crippen LogP contribution < -0.4 is 9.47 Å². The van der Waals surface area contributed by atoms with E-state index < -0.39 is 5.97 Å². The van der Waals surface area contributed by atoms with Crippen molar-refractivity contribution in [2.75, 3.05) is 7.11 Å². The van der Waals surface area contributed by atoms with Crippen LogP contribution in [0.5, 0.6) is 11.5 Å². The van der Waals surface area contributed by atoms with Crippen LogP contribution >= 0.6 is 0 Å². The summed E-state index contributed by atoms with van der Waals surface area (Å²) in [6, 6.07) is 21.6. The molecule has 0 aliphatic carbocycles. The number of benzene rings is 3. The molecule has 0 aliphatic rings. The molecule has 0 atom stereocenters. The molecule has 7 nitrogen and oxygen atoms in total. The lowest BCUT2D eigenvalue weighted by Gasteiger charge is -2.07. The smallest absolute Gasteiger partial charge is 0.335 e. The molecule has 2 N–H and O–H groups in total. The van der Waals surface area contributed by atoms with Gasteiger partial charge < -0.3 is 19.6 Å². The van der Waals surface area contributed by atoms with Gasteiger partial charge in [0.05, 0.1) is 29.3 Å². The molecule has 0 fully saturated rings. The molecule has 0 saturated carbocycles. The number of hydrogen-bond donors (Lipinski definition) is 2. The number of rotatable bonds is 7. The molecule has 1 heterocycles. The van der Waals surface area contributed by atoms with E-state index in [9.17, 15) is 10.1 Å². The average molecular weight is 425 g/mol. The Morgan fingerprint density at radius 1 is 1.12 bits per heavy atom. The zero-order valence-corrected chi connectivity index (χ0v) is 17.2. The number of imidazole rings is 1. The Bertz CT molecular complexity index is 1350. The second-order valence-electron chi connectivity index (χ2n) is 7.00. The second kappa shape index (κ2) is 9.06. The summed E-state index contributed by atoms with van der Waals surface area (Å²) in [5.41, 5.74) is 3.75. The van der Waals surface area contributed by atoms with Crippen LogP contribution in [0.3, 0.4) is 0 Å². The summed E-state index contributed by atoms with van der Waals surface area (Å²) in [6.07, 6.45) is 1.75. The predicted molar refractivity (Wildman–Crippen MR) is 120 cm³/mol. The average Bonchev–Trinajstić information content (AvgIpc) is 3.25. The van der Waals surface area contributed by atoms with E-state index in [0.717, 1.165) is 22.2 Å². The van der Waals surface area contributed by atoms with Crippen molar-refractivity contribution in [1.29, 1.82) is 5.26 Å². The number of aromatic nitrogens is 2. The Hall–Kier alpha value is -4.57. The van der Waals surface area contributed by atoms with Crippen molar-refractivity contribution in [1.82, 2.24) is 9.97 Å². The van der Waals surface area contributed by atoms with E-state index in [0.29, 0.717) is 22.9 Å². The fourth-order valence-electron chi connectivity index (χ4n) is 3.18. The van der Waals surface area contributed by atoms with E-state index in [2.05, 4.69) is 16.0 Å². The minimum atomic E-state index is -0.972. The number of allylic oxidation sites excluding steroid dienone is 1. The van der Waals surface area contributed by atoms with E-state index in [4.69, 9.17) is 14.6 Å². The number of aromatic carboxylic acids is 1. The molecular formula is C25H19N3O4. The molecule has 0 bridgehead atoms. The molecule has 158 valence electrons. The third kappa shape index (κ3) is 4.60. The zero-order chi connectivity index (χ0) is 22.5. The van der Waals surface area contributed by atoms with E-state index in [1.54, 1.807) is 37.5 Å². The number of hydrogen-bond acceptors (Lipinski definition) is 5. The normalized spacial score (nSPS) is 11.2. The van der Waals surface area contributed by atoms with Crippen LogP contribution in [0.4, 0.5) is 0 Å². The molecule has 0 saturated heterocycles. The van der Waals surface area contributed by atoms with E-state index >= 15 is 0 Å². The van der Waals surface area contributed by atoms with Crippen molar-refractivity contribution in [3.8, 4) is 17.6 Å². The molecule has 4 rings (SSSR count). The largest absolute Gasteiger partial charge is 0.497 e. The highest BCUT2D eigenvalue weighted by Crippen LogP contribution is 2.23. The first-order valence-electron chi connectivity index (χ1n) is 9.77. The van der Waals surface area contributed by atoms with Crippen LogP contribution in [0.25, 0.3) is 22.7 Å².